The molecule has 1 aromatic heterocycles. The Hall–Kier alpha value is -2.63. The van der Waals surface area contributed by atoms with Crippen LogP contribution in [0.3, 0.4) is 0 Å². The van der Waals surface area contributed by atoms with Gasteiger partial charge in [-0.15, -0.1) is 0 Å². The third-order valence-corrected chi connectivity index (χ3v) is 3.50. The molecule has 1 amide bonds. The normalized spacial score (nSPS) is 11.1. The van der Waals surface area contributed by atoms with Crippen molar-refractivity contribution in [3.05, 3.63) is 52.1 Å². The molecule has 0 saturated heterocycles. The minimum atomic E-state index is -0.773. The smallest absolute Gasteiger partial charge is 0.347 e. The maximum atomic E-state index is 12.5. The number of methoxy groups -OCH3 is 1. The topological polar surface area (TPSA) is 84.1 Å². The number of ether oxygens (including phenoxy) is 1. The van der Waals surface area contributed by atoms with E-state index in [9.17, 15) is 9.59 Å². The summed E-state index contributed by atoms with van der Waals surface area (Å²) in [6.45, 7) is 5.35. The van der Waals surface area contributed by atoms with Crippen molar-refractivity contribution >= 4 is 11.7 Å². The number of aromatic amines is 1. The van der Waals surface area contributed by atoms with Crippen LogP contribution in [0, 0.1) is 6.92 Å². The molecule has 0 bridgehead atoms. The number of rotatable bonds is 4. The number of carbonyl (C=O) groups is 1. The SMILES string of the molecule is COc1ccc(C(C)(C)C(=O)Nc2cc(C)[nH]c(=O)n2)cc1. The Morgan fingerprint density at radius 1 is 1.27 bits per heavy atom. The minimum Gasteiger partial charge on any atom is -0.497 e. The van der Waals surface area contributed by atoms with Gasteiger partial charge in [0.1, 0.15) is 11.6 Å². The van der Waals surface area contributed by atoms with E-state index in [2.05, 4.69) is 15.3 Å². The van der Waals surface area contributed by atoms with Crippen LogP contribution in [0.1, 0.15) is 25.1 Å². The first kappa shape index (κ1) is 15.8. The highest BCUT2D eigenvalue weighted by Gasteiger charge is 2.30. The second-order valence-corrected chi connectivity index (χ2v) is 5.56. The molecule has 0 spiro atoms. The van der Waals surface area contributed by atoms with Gasteiger partial charge in [0.15, 0.2) is 0 Å². The van der Waals surface area contributed by atoms with Crippen LogP contribution in [0.15, 0.2) is 35.1 Å². The number of anilines is 1. The molecule has 1 aromatic carbocycles. The average Bonchev–Trinajstić information content (AvgIpc) is 2.46. The first-order valence-corrected chi connectivity index (χ1v) is 6.87. The molecule has 0 aliphatic heterocycles. The maximum absolute atomic E-state index is 12.5. The van der Waals surface area contributed by atoms with Crippen molar-refractivity contribution in [3.63, 3.8) is 0 Å². The van der Waals surface area contributed by atoms with Crippen LogP contribution >= 0.6 is 0 Å². The Bertz CT molecular complexity index is 733. The lowest BCUT2D eigenvalue weighted by Gasteiger charge is -2.24. The zero-order valence-corrected chi connectivity index (χ0v) is 13.1. The molecule has 6 heteroatoms. The Morgan fingerprint density at radius 2 is 1.91 bits per heavy atom. The molecule has 0 radical (unpaired) electrons. The van der Waals surface area contributed by atoms with Crippen LogP contribution in [0.25, 0.3) is 0 Å². The quantitative estimate of drug-likeness (QED) is 0.904. The van der Waals surface area contributed by atoms with Crippen molar-refractivity contribution in [2.45, 2.75) is 26.2 Å². The predicted molar refractivity (Wildman–Crippen MR) is 84.2 cm³/mol. The molecule has 6 nitrogen and oxygen atoms in total. The highest BCUT2D eigenvalue weighted by atomic mass is 16.5. The number of carbonyl (C=O) groups excluding carboxylic acids is 1. The van der Waals surface area contributed by atoms with E-state index in [-0.39, 0.29) is 11.7 Å². The number of nitrogens with one attached hydrogen (secondary N) is 2. The third-order valence-electron chi connectivity index (χ3n) is 3.50. The van der Waals surface area contributed by atoms with Gasteiger partial charge in [-0.1, -0.05) is 12.1 Å². The van der Waals surface area contributed by atoms with E-state index in [4.69, 9.17) is 4.74 Å². The summed E-state index contributed by atoms with van der Waals surface area (Å²) < 4.78 is 5.12. The number of hydrogen-bond donors (Lipinski definition) is 2. The summed E-state index contributed by atoms with van der Waals surface area (Å²) in [6, 6.07) is 8.91. The zero-order chi connectivity index (χ0) is 16.3. The summed E-state index contributed by atoms with van der Waals surface area (Å²) in [6.07, 6.45) is 0. The molecule has 2 aromatic rings. The number of aryl methyl sites for hydroxylation is 1. The fourth-order valence-electron chi connectivity index (χ4n) is 2.05. The van der Waals surface area contributed by atoms with Gasteiger partial charge in [0.2, 0.25) is 5.91 Å². The molecular weight excluding hydrogens is 282 g/mol. The second-order valence-electron chi connectivity index (χ2n) is 5.56. The van der Waals surface area contributed by atoms with E-state index < -0.39 is 11.1 Å². The van der Waals surface area contributed by atoms with Gasteiger partial charge in [0, 0.05) is 11.8 Å². The minimum absolute atomic E-state index is 0.241. The van der Waals surface area contributed by atoms with E-state index in [1.54, 1.807) is 32.2 Å². The van der Waals surface area contributed by atoms with Crippen LogP contribution in [-0.4, -0.2) is 23.0 Å². The number of nitrogens with zero attached hydrogens (tertiary/aromatic N) is 1. The monoisotopic (exact) mass is 301 g/mol. The van der Waals surface area contributed by atoms with Crippen molar-refractivity contribution < 1.29 is 9.53 Å². The number of benzene rings is 1. The van der Waals surface area contributed by atoms with Crippen molar-refractivity contribution in [1.82, 2.24) is 9.97 Å². The van der Waals surface area contributed by atoms with Crippen LogP contribution < -0.4 is 15.7 Å². The number of aromatic nitrogens is 2. The van der Waals surface area contributed by atoms with Crippen LogP contribution in [0.5, 0.6) is 5.75 Å². The Morgan fingerprint density at radius 3 is 2.45 bits per heavy atom. The predicted octanol–water partition coefficient (Wildman–Crippen LogP) is 2.00. The molecule has 0 aliphatic rings. The van der Waals surface area contributed by atoms with Crippen molar-refractivity contribution in [2.75, 3.05) is 12.4 Å². The Kier molecular flexibility index (Phi) is 4.30. The molecule has 0 saturated carbocycles. The molecule has 2 N–H and O–H groups in total. The Labute approximate surface area is 128 Å². The van der Waals surface area contributed by atoms with Gasteiger partial charge in [-0.25, -0.2) is 4.79 Å². The summed E-state index contributed by atoms with van der Waals surface area (Å²) >= 11 is 0. The van der Waals surface area contributed by atoms with Crippen molar-refractivity contribution in [3.8, 4) is 5.75 Å². The van der Waals surface area contributed by atoms with Crippen molar-refractivity contribution in [1.29, 1.82) is 0 Å². The molecule has 0 fully saturated rings. The maximum Gasteiger partial charge on any atom is 0.347 e. The molecule has 0 unspecified atom stereocenters. The van der Waals surface area contributed by atoms with Crippen molar-refractivity contribution in [2.24, 2.45) is 0 Å². The second kappa shape index (κ2) is 6.01. The molecular formula is C16H19N3O3. The number of amides is 1. The van der Waals surface area contributed by atoms with E-state index in [0.29, 0.717) is 5.69 Å². The van der Waals surface area contributed by atoms with Gasteiger partial charge in [0.05, 0.1) is 12.5 Å². The van der Waals surface area contributed by atoms with Gasteiger partial charge in [-0.05, 0) is 38.5 Å². The summed E-state index contributed by atoms with van der Waals surface area (Å²) in [5.41, 5.74) is 0.215. The molecule has 116 valence electrons. The summed E-state index contributed by atoms with van der Waals surface area (Å²) in [5.74, 6) is 0.731. The molecule has 0 aliphatic carbocycles. The average molecular weight is 301 g/mol. The van der Waals surface area contributed by atoms with Gasteiger partial charge in [-0.3, -0.25) is 4.79 Å². The number of H-pyrrole nitrogens is 1. The molecule has 1 heterocycles. The van der Waals surface area contributed by atoms with E-state index in [1.165, 1.54) is 0 Å². The van der Waals surface area contributed by atoms with E-state index in [0.717, 1.165) is 11.3 Å². The van der Waals surface area contributed by atoms with Crippen LogP contribution in [-0.2, 0) is 10.2 Å². The van der Waals surface area contributed by atoms with E-state index >= 15 is 0 Å². The Balaban J connectivity index is 2.23. The lowest BCUT2D eigenvalue weighted by atomic mass is 9.83. The lowest BCUT2D eigenvalue weighted by molar-refractivity contribution is -0.120. The summed E-state index contributed by atoms with van der Waals surface area (Å²) in [4.78, 5) is 30.1. The van der Waals surface area contributed by atoms with E-state index in [1.807, 2.05) is 26.0 Å². The lowest BCUT2D eigenvalue weighted by Crippen LogP contribution is -2.35. The van der Waals surface area contributed by atoms with Gasteiger partial charge in [0.25, 0.3) is 0 Å². The highest BCUT2D eigenvalue weighted by Crippen LogP contribution is 2.26. The first-order chi connectivity index (χ1) is 10.3. The third kappa shape index (κ3) is 3.33. The first-order valence-electron chi connectivity index (χ1n) is 6.87. The molecule has 22 heavy (non-hydrogen) atoms. The van der Waals surface area contributed by atoms with Crippen LogP contribution in [0.2, 0.25) is 0 Å². The van der Waals surface area contributed by atoms with Gasteiger partial charge < -0.3 is 15.0 Å². The van der Waals surface area contributed by atoms with Gasteiger partial charge >= 0.3 is 5.69 Å². The summed E-state index contributed by atoms with van der Waals surface area (Å²) in [5, 5.41) is 2.69. The zero-order valence-electron chi connectivity index (χ0n) is 13.1. The van der Waals surface area contributed by atoms with Gasteiger partial charge in [-0.2, -0.15) is 4.98 Å². The van der Waals surface area contributed by atoms with Crippen LogP contribution in [0.4, 0.5) is 5.82 Å². The largest absolute Gasteiger partial charge is 0.497 e. The molecule has 0 atom stereocenters. The number of hydrogen-bond acceptors (Lipinski definition) is 4. The summed E-state index contributed by atoms with van der Waals surface area (Å²) in [7, 11) is 1.59. The standard InChI is InChI=1S/C16H19N3O3/c1-10-9-13(19-15(21)17-10)18-14(20)16(2,3)11-5-7-12(22-4)8-6-11/h5-9H,1-4H3,(H2,17,18,19,20,21). The fraction of sp³-hybridized carbons (Fsp3) is 0.312. The highest BCUT2D eigenvalue weighted by molar-refractivity contribution is 5.97. The molecule has 2 rings (SSSR count). The fourth-order valence-corrected chi connectivity index (χ4v) is 2.05.